The molecule has 0 aromatic rings. The van der Waals surface area contributed by atoms with E-state index >= 15 is 0 Å². The number of hydrogen-bond acceptors (Lipinski definition) is 3. The first-order valence-corrected chi connectivity index (χ1v) is 6.22. The van der Waals surface area contributed by atoms with Crippen molar-refractivity contribution in [2.75, 3.05) is 0 Å². The summed E-state index contributed by atoms with van der Waals surface area (Å²) in [4.78, 5) is 0. The summed E-state index contributed by atoms with van der Waals surface area (Å²) in [6, 6.07) is 0. The van der Waals surface area contributed by atoms with Crippen molar-refractivity contribution < 1.29 is 15.3 Å². The van der Waals surface area contributed by atoms with Gasteiger partial charge in [-0.1, -0.05) is 29.9 Å². The Morgan fingerprint density at radius 3 is 2.33 bits per heavy atom. The molecular formula is C15H26O3. The van der Waals surface area contributed by atoms with Gasteiger partial charge in [-0.3, -0.25) is 0 Å². The maximum Gasteiger partial charge on any atom is 0.0824 e. The van der Waals surface area contributed by atoms with Crippen molar-refractivity contribution in [3.8, 4) is 0 Å². The summed E-state index contributed by atoms with van der Waals surface area (Å²) in [5.74, 6) is 0. The molecule has 0 heterocycles. The number of aliphatic hydroxyl groups is 3. The normalized spacial score (nSPS) is 18.9. The molecule has 0 aromatic carbocycles. The van der Waals surface area contributed by atoms with E-state index in [4.69, 9.17) is 0 Å². The topological polar surface area (TPSA) is 60.7 Å². The first kappa shape index (κ1) is 17.1. The molecule has 0 saturated carbocycles. The van der Waals surface area contributed by atoms with Gasteiger partial charge in [0.1, 0.15) is 0 Å². The summed E-state index contributed by atoms with van der Waals surface area (Å²) >= 11 is 0. The molecule has 0 spiro atoms. The van der Waals surface area contributed by atoms with E-state index in [-0.39, 0.29) is 6.42 Å². The van der Waals surface area contributed by atoms with Crippen LogP contribution in [0, 0.1) is 0 Å². The molecule has 0 aromatic heterocycles. The highest BCUT2D eigenvalue weighted by atomic mass is 16.3. The molecule has 0 radical (unpaired) electrons. The highest BCUT2D eigenvalue weighted by molar-refractivity contribution is 5.07. The molecule has 18 heavy (non-hydrogen) atoms. The lowest BCUT2D eigenvalue weighted by molar-refractivity contribution is 0.0573. The summed E-state index contributed by atoms with van der Waals surface area (Å²) in [7, 11) is 0. The lowest BCUT2D eigenvalue weighted by Crippen LogP contribution is -2.26. The molecule has 0 amide bonds. The van der Waals surface area contributed by atoms with E-state index in [1.807, 2.05) is 6.92 Å². The Labute approximate surface area is 110 Å². The van der Waals surface area contributed by atoms with E-state index in [2.05, 4.69) is 13.2 Å². The average Bonchev–Trinajstić information content (AvgIpc) is 2.24. The minimum atomic E-state index is -1.06. The van der Waals surface area contributed by atoms with Gasteiger partial charge in [-0.25, -0.2) is 0 Å². The molecule has 0 aliphatic heterocycles. The predicted octanol–water partition coefficient (Wildman–Crippen LogP) is 2.34. The predicted molar refractivity (Wildman–Crippen MR) is 75.3 cm³/mol. The van der Waals surface area contributed by atoms with Crippen LogP contribution in [0.3, 0.4) is 0 Å². The first-order valence-electron chi connectivity index (χ1n) is 6.22. The van der Waals surface area contributed by atoms with Crippen molar-refractivity contribution in [1.29, 1.82) is 0 Å². The second-order valence-electron chi connectivity index (χ2n) is 5.25. The molecule has 0 rings (SSSR count). The van der Waals surface area contributed by atoms with Gasteiger partial charge in [-0.15, -0.1) is 6.58 Å². The highest BCUT2D eigenvalue weighted by Crippen LogP contribution is 2.17. The van der Waals surface area contributed by atoms with Crippen LogP contribution in [0.25, 0.3) is 0 Å². The zero-order valence-corrected chi connectivity index (χ0v) is 11.7. The summed E-state index contributed by atoms with van der Waals surface area (Å²) in [5.41, 5.74) is 0.675. The molecule has 3 heteroatoms. The lowest BCUT2D eigenvalue weighted by atomic mass is 9.96. The third-order valence-corrected chi connectivity index (χ3v) is 2.92. The van der Waals surface area contributed by atoms with Crippen LogP contribution in [-0.4, -0.2) is 33.1 Å². The van der Waals surface area contributed by atoms with E-state index in [0.717, 1.165) is 11.1 Å². The van der Waals surface area contributed by atoms with Gasteiger partial charge in [0.15, 0.2) is 0 Å². The molecule has 0 fully saturated rings. The van der Waals surface area contributed by atoms with E-state index in [1.54, 1.807) is 19.9 Å². The van der Waals surface area contributed by atoms with Crippen molar-refractivity contribution in [2.45, 2.75) is 57.8 Å². The van der Waals surface area contributed by atoms with Crippen molar-refractivity contribution in [3.05, 3.63) is 36.5 Å². The Morgan fingerprint density at radius 1 is 1.33 bits per heavy atom. The minimum Gasteiger partial charge on any atom is -0.389 e. The maximum absolute atomic E-state index is 9.80. The maximum atomic E-state index is 9.80. The Bertz CT molecular complexity index is 316. The molecular weight excluding hydrogens is 228 g/mol. The van der Waals surface area contributed by atoms with Crippen molar-refractivity contribution >= 4 is 0 Å². The van der Waals surface area contributed by atoms with E-state index < -0.39 is 17.8 Å². The monoisotopic (exact) mass is 254 g/mol. The van der Waals surface area contributed by atoms with Crippen LogP contribution in [0.1, 0.15) is 40.0 Å². The second-order valence-corrected chi connectivity index (χ2v) is 5.25. The van der Waals surface area contributed by atoms with Gasteiger partial charge in [0.05, 0.1) is 17.8 Å². The van der Waals surface area contributed by atoms with Crippen LogP contribution < -0.4 is 0 Å². The average molecular weight is 254 g/mol. The van der Waals surface area contributed by atoms with Crippen LogP contribution in [0.5, 0.6) is 0 Å². The van der Waals surface area contributed by atoms with Gasteiger partial charge in [-0.2, -0.15) is 0 Å². The van der Waals surface area contributed by atoms with Crippen LogP contribution in [0.4, 0.5) is 0 Å². The number of allylic oxidation sites excluding steroid dienone is 1. The molecule has 3 atom stereocenters. The minimum absolute atomic E-state index is 0.219. The molecule has 0 aliphatic carbocycles. The van der Waals surface area contributed by atoms with Crippen molar-refractivity contribution in [3.63, 3.8) is 0 Å². The third kappa shape index (κ3) is 7.43. The first-order chi connectivity index (χ1) is 8.18. The molecule has 3 nitrogen and oxygen atoms in total. The second kappa shape index (κ2) is 7.52. The van der Waals surface area contributed by atoms with E-state index in [1.165, 1.54) is 6.08 Å². The SMILES string of the molecule is C=C[C@@](C)(O)C[C@@H](O)/C=C(\C)CC[C@@H](O)C(=C)C. The summed E-state index contributed by atoms with van der Waals surface area (Å²) in [5, 5.41) is 29.1. The zero-order chi connectivity index (χ0) is 14.3. The molecule has 0 bridgehead atoms. The van der Waals surface area contributed by atoms with Gasteiger partial charge in [0.25, 0.3) is 0 Å². The summed E-state index contributed by atoms with van der Waals surface area (Å²) < 4.78 is 0. The molecule has 0 aliphatic rings. The fraction of sp³-hybridized carbons (Fsp3) is 0.600. The summed E-state index contributed by atoms with van der Waals surface area (Å²) in [6.07, 6.45) is 3.44. The van der Waals surface area contributed by atoms with Crippen LogP contribution in [0.2, 0.25) is 0 Å². The van der Waals surface area contributed by atoms with Gasteiger partial charge in [0, 0.05) is 6.42 Å². The third-order valence-electron chi connectivity index (χ3n) is 2.92. The quantitative estimate of drug-likeness (QED) is 0.583. The Kier molecular flexibility index (Phi) is 7.14. The molecule has 0 saturated heterocycles. The van der Waals surface area contributed by atoms with Gasteiger partial charge in [0.2, 0.25) is 0 Å². The standard InChI is InChI=1S/C15H26O3/c1-6-15(5,18)10-13(16)9-12(4)7-8-14(17)11(2)3/h6,9,13-14,16-18H,1-2,7-8,10H2,3-5H3/b12-9+/t13-,14+,15+/m0/s1. The van der Waals surface area contributed by atoms with Crippen LogP contribution >= 0.6 is 0 Å². The van der Waals surface area contributed by atoms with E-state index in [0.29, 0.717) is 12.8 Å². The molecule has 3 N–H and O–H groups in total. The Hall–Kier alpha value is -0.900. The summed E-state index contributed by atoms with van der Waals surface area (Å²) in [6.45, 7) is 12.5. The number of rotatable bonds is 8. The van der Waals surface area contributed by atoms with Gasteiger partial charge in [-0.05, 0) is 33.6 Å². The van der Waals surface area contributed by atoms with Gasteiger partial charge < -0.3 is 15.3 Å². The largest absolute Gasteiger partial charge is 0.389 e. The van der Waals surface area contributed by atoms with Gasteiger partial charge >= 0.3 is 0 Å². The fourth-order valence-corrected chi connectivity index (χ4v) is 1.59. The molecule has 104 valence electrons. The van der Waals surface area contributed by atoms with Crippen LogP contribution in [0.15, 0.2) is 36.5 Å². The fourth-order valence-electron chi connectivity index (χ4n) is 1.59. The molecule has 0 unspecified atom stereocenters. The Morgan fingerprint density at radius 2 is 1.89 bits per heavy atom. The van der Waals surface area contributed by atoms with Crippen molar-refractivity contribution in [2.24, 2.45) is 0 Å². The highest BCUT2D eigenvalue weighted by Gasteiger charge is 2.19. The lowest BCUT2D eigenvalue weighted by Gasteiger charge is -2.21. The number of aliphatic hydroxyl groups excluding tert-OH is 2. The van der Waals surface area contributed by atoms with Crippen LogP contribution in [-0.2, 0) is 0 Å². The zero-order valence-electron chi connectivity index (χ0n) is 11.7. The smallest absolute Gasteiger partial charge is 0.0824 e. The van der Waals surface area contributed by atoms with E-state index in [9.17, 15) is 15.3 Å². The van der Waals surface area contributed by atoms with Crippen molar-refractivity contribution in [1.82, 2.24) is 0 Å². The Balaban J connectivity index is 4.24. The number of hydrogen-bond donors (Lipinski definition) is 3.